The molecule has 170 valence electrons. The Morgan fingerprint density at radius 2 is 1.71 bits per heavy atom. The molecule has 0 saturated carbocycles. The number of rotatable bonds is 6. The molecule has 3 rings (SSSR count). The molecule has 2 fully saturated rings. The second kappa shape index (κ2) is 11.1. The predicted molar refractivity (Wildman–Crippen MR) is 125 cm³/mol. The summed E-state index contributed by atoms with van der Waals surface area (Å²) in [6.07, 6.45) is 5.06. The van der Waals surface area contributed by atoms with Crippen molar-refractivity contribution in [2.75, 3.05) is 26.2 Å². The Kier molecular flexibility index (Phi) is 8.52. The molecule has 0 unspecified atom stereocenters. The molecule has 2 heterocycles. The van der Waals surface area contributed by atoms with Crippen molar-refractivity contribution in [3.05, 3.63) is 34.3 Å². The highest BCUT2D eigenvalue weighted by Crippen LogP contribution is 2.25. The maximum atomic E-state index is 13.3. The molecule has 6 nitrogen and oxygen atoms in total. The Morgan fingerprint density at radius 3 is 2.32 bits per heavy atom. The summed E-state index contributed by atoms with van der Waals surface area (Å²) in [5, 5.41) is 3.06. The van der Waals surface area contributed by atoms with E-state index >= 15 is 0 Å². The number of hydrogen-bond donors (Lipinski definition) is 1. The molecule has 31 heavy (non-hydrogen) atoms. The minimum Gasteiger partial charge on any atom is -0.344 e. The Hall–Kier alpha value is -1.89. The van der Waals surface area contributed by atoms with Crippen LogP contribution >= 0.6 is 15.9 Å². The van der Waals surface area contributed by atoms with Crippen molar-refractivity contribution in [1.29, 1.82) is 0 Å². The molecule has 7 heteroatoms. The summed E-state index contributed by atoms with van der Waals surface area (Å²) in [5.74, 6) is 0.307. The Balaban J connectivity index is 1.66. The molecule has 1 aromatic carbocycles. The van der Waals surface area contributed by atoms with Crippen molar-refractivity contribution in [3.63, 3.8) is 0 Å². The molecule has 2 saturated heterocycles. The van der Waals surface area contributed by atoms with Crippen molar-refractivity contribution < 1.29 is 14.4 Å². The molecule has 2 aliphatic heterocycles. The first-order chi connectivity index (χ1) is 14.8. The highest BCUT2D eigenvalue weighted by molar-refractivity contribution is 9.10. The molecule has 0 aliphatic carbocycles. The zero-order valence-electron chi connectivity index (χ0n) is 18.6. The molecular formula is C24H34BrN3O3. The van der Waals surface area contributed by atoms with E-state index in [2.05, 4.69) is 21.2 Å². The minimum atomic E-state index is -0.493. The fraction of sp³-hybridized carbons (Fsp3) is 0.625. The van der Waals surface area contributed by atoms with Crippen LogP contribution in [0.5, 0.6) is 0 Å². The number of nitrogens with zero attached hydrogens (tertiary/aromatic N) is 2. The zero-order chi connectivity index (χ0) is 22.4. The summed E-state index contributed by atoms with van der Waals surface area (Å²) in [6.45, 7) is 6.76. The summed E-state index contributed by atoms with van der Waals surface area (Å²) in [7, 11) is 0. The van der Waals surface area contributed by atoms with Gasteiger partial charge in [0.25, 0.3) is 5.91 Å². The van der Waals surface area contributed by atoms with E-state index in [1.807, 2.05) is 47.9 Å². The molecule has 0 aromatic heterocycles. The average Bonchev–Trinajstić information content (AvgIpc) is 2.77. The number of nitrogens with one attached hydrogen (secondary N) is 1. The number of carbonyl (C=O) groups is 3. The van der Waals surface area contributed by atoms with Crippen molar-refractivity contribution in [2.24, 2.45) is 11.8 Å². The van der Waals surface area contributed by atoms with E-state index in [-0.39, 0.29) is 29.6 Å². The fourth-order valence-electron chi connectivity index (χ4n) is 4.54. The lowest BCUT2D eigenvalue weighted by Crippen LogP contribution is -2.55. The maximum Gasteiger partial charge on any atom is 0.253 e. The molecule has 0 radical (unpaired) electrons. The van der Waals surface area contributed by atoms with Gasteiger partial charge in [-0.2, -0.15) is 0 Å². The number of halogens is 1. The Labute approximate surface area is 193 Å². The van der Waals surface area contributed by atoms with Crippen LogP contribution < -0.4 is 5.32 Å². The highest BCUT2D eigenvalue weighted by atomic mass is 79.9. The van der Waals surface area contributed by atoms with E-state index in [4.69, 9.17) is 0 Å². The van der Waals surface area contributed by atoms with Crippen LogP contribution in [0.4, 0.5) is 0 Å². The van der Waals surface area contributed by atoms with Gasteiger partial charge in [-0.05, 0) is 62.1 Å². The van der Waals surface area contributed by atoms with Crippen LogP contribution in [0.2, 0.25) is 0 Å². The van der Waals surface area contributed by atoms with E-state index in [1.54, 1.807) is 0 Å². The quantitative estimate of drug-likeness (QED) is 0.656. The molecule has 0 spiro atoms. The second-order valence-corrected chi connectivity index (χ2v) is 10.1. The van der Waals surface area contributed by atoms with E-state index in [9.17, 15) is 14.4 Å². The van der Waals surface area contributed by atoms with Gasteiger partial charge in [0.1, 0.15) is 6.04 Å². The van der Waals surface area contributed by atoms with E-state index in [1.165, 1.54) is 0 Å². The smallest absolute Gasteiger partial charge is 0.253 e. The van der Waals surface area contributed by atoms with Crippen LogP contribution in [0.25, 0.3) is 0 Å². The molecular weight excluding hydrogens is 458 g/mol. The van der Waals surface area contributed by atoms with Crippen LogP contribution in [-0.4, -0.2) is 59.7 Å². The van der Waals surface area contributed by atoms with Crippen molar-refractivity contribution in [2.45, 2.75) is 58.4 Å². The average molecular weight is 492 g/mol. The zero-order valence-corrected chi connectivity index (χ0v) is 20.2. The van der Waals surface area contributed by atoms with E-state index in [0.29, 0.717) is 37.9 Å². The van der Waals surface area contributed by atoms with E-state index in [0.717, 1.165) is 36.8 Å². The standard InChI is InChI=1S/C24H34BrN3O3/c1-17(2)15-21(29)26-22(24(31)27-11-4-3-5-12-27)18-9-13-28(14-10-18)23(30)19-7-6-8-20(25)16-19/h6-8,16-18,22H,3-5,9-15H2,1-2H3,(H,26,29)/t22-/m0/s1. The second-order valence-electron chi connectivity index (χ2n) is 9.17. The fourth-order valence-corrected chi connectivity index (χ4v) is 4.93. The number of piperidine rings is 2. The van der Waals surface area contributed by atoms with Gasteiger partial charge in [0.2, 0.25) is 11.8 Å². The van der Waals surface area contributed by atoms with Crippen molar-refractivity contribution in [1.82, 2.24) is 15.1 Å². The monoisotopic (exact) mass is 491 g/mol. The van der Waals surface area contributed by atoms with E-state index < -0.39 is 6.04 Å². The SMILES string of the molecule is CC(C)CC(=O)N[C@H](C(=O)N1CCCCC1)C1CCN(C(=O)c2cccc(Br)c2)CC1. The van der Waals surface area contributed by atoms with Crippen LogP contribution in [-0.2, 0) is 9.59 Å². The number of carbonyl (C=O) groups excluding carboxylic acids is 3. The summed E-state index contributed by atoms with van der Waals surface area (Å²) < 4.78 is 0.883. The minimum absolute atomic E-state index is 0.0162. The molecule has 1 N–H and O–H groups in total. The summed E-state index contributed by atoms with van der Waals surface area (Å²) >= 11 is 3.42. The number of hydrogen-bond acceptors (Lipinski definition) is 3. The van der Waals surface area contributed by atoms with Gasteiger partial charge in [-0.25, -0.2) is 0 Å². The molecule has 0 bridgehead atoms. The number of benzene rings is 1. The third-order valence-electron chi connectivity index (χ3n) is 6.21. The lowest BCUT2D eigenvalue weighted by Gasteiger charge is -2.38. The molecule has 1 aromatic rings. The third-order valence-corrected chi connectivity index (χ3v) is 6.71. The van der Waals surface area contributed by atoms with Gasteiger partial charge in [-0.15, -0.1) is 0 Å². The van der Waals surface area contributed by atoms with Gasteiger partial charge >= 0.3 is 0 Å². The lowest BCUT2D eigenvalue weighted by atomic mass is 9.87. The van der Waals surface area contributed by atoms with Gasteiger partial charge in [0, 0.05) is 42.6 Å². The topological polar surface area (TPSA) is 69.7 Å². The number of amides is 3. The first kappa shape index (κ1) is 23.8. The lowest BCUT2D eigenvalue weighted by molar-refractivity contribution is -0.139. The van der Waals surface area contributed by atoms with Gasteiger partial charge in [-0.1, -0.05) is 35.8 Å². The molecule has 2 aliphatic rings. The largest absolute Gasteiger partial charge is 0.344 e. The van der Waals surface area contributed by atoms with Gasteiger partial charge in [-0.3, -0.25) is 14.4 Å². The highest BCUT2D eigenvalue weighted by Gasteiger charge is 2.36. The summed E-state index contributed by atoms with van der Waals surface area (Å²) in [6, 6.07) is 6.94. The predicted octanol–water partition coefficient (Wildman–Crippen LogP) is 3.84. The first-order valence-corrected chi connectivity index (χ1v) is 12.3. The van der Waals surface area contributed by atoms with Crippen molar-refractivity contribution in [3.8, 4) is 0 Å². The summed E-state index contributed by atoms with van der Waals surface area (Å²) in [5.41, 5.74) is 0.666. The van der Waals surface area contributed by atoms with Gasteiger partial charge < -0.3 is 15.1 Å². The van der Waals surface area contributed by atoms with Gasteiger partial charge in [0.15, 0.2) is 0 Å². The Morgan fingerprint density at radius 1 is 1.03 bits per heavy atom. The number of likely N-dealkylation sites (tertiary alicyclic amines) is 2. The summed E-state index contributed by atoms with van der Waals surface area (Å²) in [4.78, 5) is 42.5. The van der Waals surface area contributed by atoms with Crippen LogP contribution in [0.1, 0.15) is 62.7 Å². The first-order valence-electron chi connectivity index (χ1n) is 11.5. The van der Waals surface area contributed by atoms with Crippen LogP contribution in [0.15, 0.2) is 28.7 Å². The van der Waals surface area contributed by atoms with Crippen molar-refractivity contribution >= 4 is 33.7 Å². The van der Waals surface area contributed by atoms with Crippen LogP contribution in [0.3, 0.4) is 0 Å². The normalized spacial score (nSPS) is 18.7. The maximum absolute atomic E-state index is 13.3. The Bertz CT molecular complexity index is 784. The van der Waals surface area contributed by atoms with Gasteiger partial charge in [0.05, 0.1) is 0 Å². The molecule has 3 amide bonds. The third kappa shape index (κ3) is 6.55. The van der Waals surface area contributed by atoms with Crippen LogP contribution in [0, 0.1) is 11.8 Å². The molecule has 1 atom stereocenters.